The first kappa shape index (κ1) is 43.7. The van der Waals surface area contributed by atoms with Crippen molar-refractivity contribution in [2.45, 2.75) is 115 Å². The highest BCUT2D eigenvalue weighted by Crippen LogP contribution is 2.36. The average Bonchev–Trinajstić information content (AvgIpc) is 3.97. The summed E-state index contributed by atoms with van der Waals surface area (Å²) in [6.45, 7) is 8.81. The van der Waals surface area contributed by atoms with E-state index in [1.807, 2.05) is 38.1 Å². The van der Waals surface area contributed by atoms with Crippen LogP contribution in [0.2, 0.25) is 0 Å². The molecule has 3 saturated heterocycles. The number of imidazole rings is 1. The van der Waals surface area contributed by atoms with E-state index in [9.17, 15) is 28.0 Å². The number of aromatic nitrogens is 7. The van der Waals surface area contributed by atoms with Crippen molar-refractivity contribution in [1.29, 1.82) is 0 Å². The molecule has 4 fully saturated rings. The van der Waals surface area contributed by atoms with Crippen molar-refractivity contribution in [2.75, 3.05) is 49.5 Å². The Kier molecular flexibility index (Phi) is 12.6. The van der Waals surface area contributed by atoms with Gasteiger partial charge >= 0.3 is 5.69 Å². The van der Waals surface area contributed by atoms with Crippen LogP contribution >= 0.6 is 0 Å². The fourth-order valence-electron chi connectivity index (χ4n) is 10.3. The Hall–Kier alpha value is -5.53. The standard InChI is InChI=1S/C45H57F2N11O6/c1-27-23-55(24-28(2)64-27)37-17-20-56-42(50-37)33(22-48-56)43(60)49-34-26-57(52-39(34)41(46)47)31-11-9-29(10-12-31)25-54-18-15-32(16-19-54)63-21-5-7-30-6-4-8-35-40(30)53(3)45(62)58(35)36-13-14-38(59)51-44(36)61/h4,6,8,17,20,22,26-29,31-32,36,41H,5,7,9-16,18-19,21,23-25H2,1-3H3,(H,49,60)(H,51,59,61)/t27-,28+,29?,31?,36?. The molecule has 3 aliphatic heterocycles. The van der Waals surface area contributed by atoms with Crippen molar-refractivity contribution in [2.24, 2.45) is 13.0 Å². The van der Waals surface area contributed by atoms with E-state index in [1.165, 1.54) is 15.3 Å². The number of alkyl halides is 2. The number of benzene rings is 1. The maximum absolute atomic E-state index is 14.3. The summed E-state index contributed by atoms with van der Waals surface area (Å²) >= 11 is 0. The van der Waals surface area contributed by atoms with E-state index in [2.05, 4.69) is 30.6 Å². The number of likely N-dealkylation sites (tertiary alicyclic amines) is 1. The van der Waals surface area contributed by atoms with Gasteiger partial charge in [-0.2, -0.15) is 10.2 Å². The molecule has 7 heterocycles. The summed E-state index contributed by atoms with van der Waals surface area (Å²) in [5.74, 6) is -0.147. The van der Waals surface area contributed by atoms with Crippen LogP contribution in [0.4, 0.5) is 20.3 Å². The number of carbonyl (C=O) groups excluding carboxylic acids is 3. The number of nitrogens with one attached hydrogen (secondary N) is 2. The van der Waals surface area contributed by atoms with Gasteiger partial charge in [0, 0.05) is 65.2 Å². The van der Waals surface area contributed by atoms with Crippen LogP contribution in [-0.2, 0) is 32.5 Å². The molecule has 64 heavy (non-hydrogen) atoms. The minimum Gasteiger partial charge on any atom is -0.378 e. The number of amides is 3. The summed E-state index contributed by atoms with van der Waals surface area (Å²) < 4.78 is 47.1. The summed E-state index contributed by atoms with van der Waals surface area (Å²) in [5, 5.41) is 13.6. The van der Waals surface area contributed by atoms with Gasteiger partial charge in [0.05, 0.1) is 47.3 Å². The number of piperidine rings is 2. The molecule has 0 radical (unpaired) electrons. The highest BCUT2D eigenvalue weighted by Gasteiger charge is 2.33. The fraction of sp³-hybridized carbons (Fsp3) is 0.578. The number of aryl methyl sites for hydroxylation is 2. The van der Waals surface area contributed by atoms with Gasteiger partial charge in [0.1, 0.15) is 17.4 Å². The maximum atomic E-state index is 14.3. The Bertz CT molecular complexity index is 2560. The number of ether oxygens (including phenoxy) is 2. The van der Waals surface area contributed by atoms with E-state index < -0.39 is 30.0 Å². The van der Waals surface area contributed by atoms with Crippen molar-refractivity contribution in [1.82, 2.24) is 43.7 Å². The van der Waals surface area contributed by atoms with E-state index in [0.717, 1.165) is 82.1 Å². The molecule has 3 amide bonds. The van der Waals surface area contributed by atoms with Crippen LogP contribution in [0.25, 0.3) is 16.7 Å². The molecule has 9 rings (SSSR count). The lowest BCUT2D eigenvalue weighted by Gasteiger charge is -2.36. The highest BCUT2D eigenvalue weighted by atomic mass is 19.3. The lowest BCUT2D eigenvalue weighted by molar-refractivity contribution is -0.135. The number of hydrogen-bond acceptors (Lipinski definition) is 11. The lowest BCUT2D eigenvalue weighted by Crippen LogP contribution is -2.45. The molecule has 4 aliphatic rings. The third kappa shape index (κ3) is 9.06. The molecule has 4 aromatic heterocycles. The van der Waals surface area contributed by atoms with E-state index >= 15 is 0 Å². The summed E-state index contributed by atoms with van der Waals surface area (Å²) in [4.78, 5) is 60.6. The molecule has 1 unspecified atom stereocenters. The zero-order valence-electron chi connectivity index (χ0n) is 36.6. The van der Waals surface area contributed by atoms with Crippen LogP contribution in [0.5, 0.6) is 0 Å². The van der Waals surface area contributed by atoms with Gasteiger partial charge in [-0.3, -0.25) is 33.5 Å². The first-order valence-electron chi connectivity index (χ1n) is 22.7. The third-order valence-corrected chi connectivity index (χ3v) is 13.5. The summed E-state index contributed by atoms with van der Waals surface area (Å²) in [7, 11) is 1.72. The van der Waals surface area contributed by atoms with Gasteiger partial charge in [0.25, 0.3) is 12.3 Å². The summed E-state index contributed by atoms with van der Waals surface area (Å²) in [6, 6.07) is 6.87. The minimum absolute atomic E-state index is 0.00964. The van der Waals surface area contributed by atoms with Gasteiger partial charge < -0.3 is 24.6 Å². The lowest BCUT2D eigenvalue weighted by atomic mass is 9.85. The number of para-hydroxylation sites is 1. The van der Waals surface area contributed by atoms with E-state index in [-0.39, 0.29) is 53.6 Å². The number of morpholine rings is 1. The molecule has 0 spiro atoms. The number of rotatable bonds is 13. The van der Waals surface area contributed by atoms with Crippen LogP contribution in [0.3, 0.4) is 0 Å². The number of fused-ring (bicyclic) bond motifs is 2. The molecule has 0 bridgehead atoms. The summed E-state index contributed by atoms with van der Waals surface area (Å²) in [6.07, 6.45) is 9.50. The topological polar surface area (TPSA) is 175 Å². The molecular formula is C45H57F2N11O6. The van der Waals surface area contributed by atoms with Gasteiger partial charge in [-0.05, 0) is 95.2 Å². The molecule has 5 aromatic rings. The van der Waals surface area contributed by atoms with E-state index in [1.54, 1.807) is 28.7 Å². The molecule has 342 valence electrons. The van der Waals surface area contributed by atoms with Crippen LogP contribution in [0, 0.1) is 5.92 Å². The molecule has 3 atom stereocenters. The molecule has 2 N–H and O–H groups in total. The molecule has 1 aromatic carbocycles. The largest absolute Gasteiger partial charge is 0.378 e. The number of halogens is 2. The number of nitrogens with zero attached hydrogens (tertiary/aromatic N) is 9. The quantitative estimate of drug-likeness (QED) is 0.117. The predicted octanol–water partition coefficient (Wildman–Crippen LogP) is 5.21. The Balaban J connectivity index is 0.732. The number of hydrogen-bond donors (Lipinski definition) is 2. The zero-order valence-corrected chi connectivity index (χ0v) is 36.6. The van der Waals surface area contributed by atoms with Gasteiger partial charge in [-0.15, -0.1) is 0 Å². The minimum atomic E-state index is -2.86. The van der Waals surface area contributed by atoms with Gasteiger partial charge in [-0.25, -0.2) is 23.1 Å². The number of anilines is 2. The monoisotopic (exact) mass is 885 g/mol. The van der Waals surface area contributed by atoms with Crippen molar-refractivity contribution in [3.05, 3.63) is 70.2 Å². The van der Waals surface area contributed by atoms with Crippen molar-refractivity contribution >= 4 is 45.9 Å². The second-order valence-corrected chi connectivity index (χ2v) is 18.0. The number of carbonyl (C=O) groups is 3. The van der Waals surface area contributed by atoms with Crippen molar-refractivity contribution < 1.29 is 32.6 Å². The molecule has 17 nitrogen and oxygen atoms in total. The Labute approximate surface area is 369 Å². The summed E-state index contributed by atoms with van der Waals surface area (Å²) in [5.41, 5.74) is 2.30. The molecular weight excluding hydrogens is 829 g/mol. The van der Waals surface area contributed by atoms with Crippen LogP contribution in [0.15, 0.2) is 47.7 Å². The van der Waals surface area contributed by atoms with Gasteiger partial charge in [0.2, 0.25) is 11.8 Å². The predicted molar refractivity (Wildman–Crippen MR) is 234 cm³/mol. The molecule has 1 aliphatic carbocycles. The first-order chi connectivity index (χ1) is 30.9. The van der Waals surface area contributed by atoms with Crippen LogP contribution < -0.4 is 21.2 Å². The zero-order chi connectivity index (χ0) is 44.6. The van der Waals surface area contributed by atoms with Gasteiger partial charge in [0.15, 0.2) is 11.3 Å². The third-order valence-electron chi connectivity index (χ3n) is 13.5. The van der Waals surface area contributed by atoms with E-state index in [4.69, 9.17) is 14.5 Å². The smallest absolute Gasteiger partial charge is 0.329 e. The normalized spacial score (nSPS) is 24.0. The average molecular weight is 886 g/mol. The first-order valence-corrected chi connectivity index (χ1v) is 22.7. The highest BCUT2D eigenvalue weighted by molar-refractivity contribution is 6.08. The van der Waals surface area contributed by atoms with Crippen LogP contribution in [-0.4, -0.2) is 114 Å². The Morgan fingerprint density at radius 3 is 2.52 bits per heavy atom. The fourth-order valence-corrected chi connectivity index (χ4v) is 10.3. The second kappa shape index (κ2) is 18.5. The maximum Gasteiger partial charge on any atom is 0.329 e. The Morgan fingerprint density at radius 2 is 1.78 bits per heavy atom. The molecule has 1 saturated carbocycles. The SMILES string of the molecule is C[C@@H]1CN(c2ccn3ncc(C(=O)Nc4cn(C5CCC(CN6CCC(OCCCc7cccc8c7n(C)c(=O)n8C7CCC(=O)NC7=O)CC6)CC5)nc4C(F)F)c3n2)C[C@H](C)O1. The Morgan fingerprint density at radius 1 is 1.02 bits per heavy atom. The van der Waals surface area contributed by atoms with Crippen molar-refractivity contribution in [3.63, 3.8) is 0 Å². The van der Waals surface area contributed by atoms with E-state index in [0.29, 0.717) is 49.0 Å². The molecule has 19 heteroatoms. The van der Waals surface area contributed by atoms with Gasteiger partial charge in [-0.1, -0.05) is 12.1 Å². The second-order valence-electron chi connectivity index (χ2n) is 18.0. The van der Waals surface area contributed by atoms with Crippen LogP contribution in [0.1, 0.15) is 112 Å². The number of imide groups is 1. The van der Waals surface area contributed by atoms with Crippen molar-refractivity contribution in [3.8, 4) is 0 Å².